The molecule has 1 aromatic heterocycles. The van der Waals surface area contributed by atoms with Gasteiger partial charge < -0.3 is 10.1 Å². The number of hydrogen-bond donors (Lipinski definition) is 1. The van der Waals surface area contributed by atoms with Crippen LogP contribution in [0.1, 0.15) is 31.5 Å². The Labute approximate surface area is 115 Å². The molecule has 0 saturated carbocycles. The summed E-state index contributed by atoms with van der Waals surface area (Å²) in [5, 5.41) is 8.30. The van der Waals surface area contributed by atoms with E-state index in [1.54, 1.807) is 4.68 Å². The van der Waals surface area contributed by atoms with E-state index in [9.17, 15) is 0 Å². The summed E-state index contributed by atoms with van der Waals surface area (Å²) in [4.78, 5) is 0. The monoisotopic (exact) mass is 273 g/mol. The SMILES string of the molecule is Cc1nn(C)c(Cl)c1CNCCOCCC(C)C. The molecule has 1 N–H and O–H groups in total. The highest BCUT2D eigenvalue weighted by atomic mass is 35.5. The van der Waals surface area contributed by atoms with Crippen LogP contribution in [0.3, 0.4) is 0 Å². The summed E-state index contributed by atoms with van der Waals surface area (Å²) in [5.74, 6) is 0.704. The minimum Gasteiger partial charge on any atom is -0.380 e. The second-order valence-corrected chi connectivity index (χ2v) is 5.31. The van der Waals surface area contributed by atoms with Crippen LogP contribution in [0.2, 0.25) is 5.15 Å². The van der Waals surface area contributed by atoms with Gasteiger partial charge in [-0.25, -0.2) is 0 Å². The summed E-state index contributed by atoms with van der Waals surface area (Å²) in [6, 6.07) is 0. The van der Waals surface area contributed by atoms with Gasteiger partial charge in [-0.15, -0.1) is 0 Å². The van der Waals surface area contributed by atoms with Crippen molar-refractivity contribution in [2.24, 2.45) is 13.0 Å². The predicted octanol–water partition coefficient (Wildman–Crippen LogP) is 2.53. The maximum atomic E-state index is 6.14. The van der Waals surface area contributed by atoms with E-state index < -0.39 is 0 Å². The molecule has 104 valence electrons. The van der Waals surface area contributed by atoms with E-state index >= 15 is 0 Å². The van der Waals surface area contributed by atoms with Gasteiger partial charge in [-0.05, 0) is 19.3 Å². The van der Waals surface area contributed by atoms with Crippen LogP contribution in [-0.2, 0) is 18.3 Å². The van der Waals surface area contributed by atoms with Crippen molar-refractivity contribution in [1.29, 1.82) is 0 Å². The number of aromatic nitrogens is 2. The fourth-order valence-electron chi connectivity index (χ4n) is 1.65. The first-order valence-corrected chi connectivity index (χ1v) is 6.86. The fraction of sp³-hybridized carbons (Fsp3) is 0.769. The first kappa shape index (κ1) is 15.5. The van der Waals surface area contributed by atoms with E-state index in [0.29, 0.717) is 11.1 Å². The molecule has 4 nitrogen and oxygen atoms in total. The van der Waals surface area contributed by atoms with Crippen molar-refractivity contribution in [2.75, 3.05) is 19.8 Å². The van der Waals surface area contributed by atoms with Crippen molar-refractivity contribution < 1.29 is 4.74 Å². The standard InChI is InChI=1S/C13H24ClN3O/c1-10(2)5-7-18-8-6-15-9-12-11(3)16-17(4)13(12)14/h10,15H,5-9H2,1-4H3. The van der Waals surface area contributed by atoms with Gasteiger partial charge in [-0.1, -0.05) is 25.4 Å². The van der Waals surface area contributed by atoms with Crippen LogP contribution in [0.15, 0.2) is 0 Å². The predicted molar refractivity (Wildman–Crippen MR) is 74.9 cm³/mol. The lowest BCUT2D eigenvalue weighted by Crippen LogP contribution is -2.20. The first-order chi connectivity index (χ1) is 8.52. The Balaban J connectivity index is 2.14. The molecule has 0 fully saturated rings. The smallest absolute Gasteiger partial charge is 0.131 e. The van der Waals surface area contributed by atoms with E-state index in [0.717, 1.165) is 44.0 Å². The number of hydrogen-bond acceptors (Lipinski definition) is 3. The van der Waals surface area contributed by atoms with Crippen LogP contribution in [0.5, 0.6) is 0 Å². The molecule has 0 radical (unpaired) electrons. The van der Waals surface area contributed by atoms with Gasteiger partial charge in [0.15, 0.2) is 0 Å². The van der Waals surface area contributed by atoms with Crippen molar-refractivity contribution >= 4 is 11.6 Å². The lowest BCUT2D eigenvalue weighted by Gasteiger charge is -2.07. The molecule has 0 aliphatic carbocycles. The average Bonchev–Trinajstić information content (AvgIpc) is 2.53. The lowest BCUT2D eigenvalue weighted by molar-refractivity contribution is 0.125. The molecule has 0 atom stereocenters. The van der Waals surface area contributed by atoms with Gasteiger partial charge >= 0.3 is 0 Å². The fourth-order valence-corrected chi connectivity index (χ4v) is 1.89. The van der Waals surface area contributed by atoms with Gasteiger partial charge in [0.2, 0.25) is 0 Å². The van der Waals surface area contributed by atoms with Crippen LogP contribution >= 0.6 is 11.6 Å². The molecule has 0 bridgehead atoms. The van der Waals surface area contributed by atoms with Gasteiger partial charge in [0.25, 0.3) is 0 Å². The first-order valence-electron chi connectivity index (χ1n) is 6.48. The molecule has 0 aliphatic heterocycles. The molecule has 18 heavy (non-hydrogen) atoms. The molecule has 0 aromatic carbocycles. The van der Waals surface area contributed by atoms with Gasteiger partial charge in [0.1, 0.15) is 5.15 Å². The number of nitrogens with one attached hydrogen (secondary N) is 1. The number of halogens is 1. The Morgan fingerprint density at radius 1 is 1.39 bits per heavy atom. The van der Waals surface area contributed by atoms with Gasteiger partial charge in [-0.3, -0.25) is 4.68 Å². The highest BCUT2D eigenvalue weighted by Crippen LogP contribution is 2.17. The topological polar surface area (TPSA) is 39.1 Å². The van der Waals surface area contributed by atoms with E-state index in [1.807, 2.05) is 14.0 Å². The van der Waals surface area contributed by atoms with E-state index in [1.165, 1.54) is 0 Å². The molecule has 1 rings (SSSR count). The van der Waals surface area contributed by atoms with E-state index in [-0.39, 0.29) is 0 Å². The molecule has 0 amide bonds. The Hall–Kier alpha value is -0.580. The summed E-state index contributed by atoms with van der Waals surface area (Å²) < 4.78 is 7.23. The van der Waals surface area contributed by atoms with Crippen molar-refractivity contribution in [3.05, 3.63) is 16.4 Å². The van der Waals surface area contributed by atoms with Gasteiger partial charge in [-0.2, -0.15) is 5.10 Å². The molecule has 0 aliphatic rings. The summed E-state index contributed by atoms with van der Waals surface area (Å²) >= 11 is 6.14. The summed E-state index contributed by atoms with van der Waals surface area (Å²) in [5.41, 5.74) is 2.05. The van der Waals surface area contributed by atoms with Crippen molar-refractivity contribution in [1.82, 2.24) is 15.1 Å². The molecular formula is C13H24ClN3O. The second kappa shape index (κ2) is 7.77. The molecule has 0 spiro atoms. The molecule has 0 saturated heterocycles. The molecule has 0 unspecified atom stereocenters. The van der Waals surface area contributed by atoms with E-state index in [2.05, 4.69) is 24.3 Å². The third kappa shape index (κ3) is 4.96. The number of rotatable bonds is 8. The van der Waals surface area contributed by atoms with E-state index in [4.69, 9.17) is 16.3 Å². The highest BCUT2D eigenvalue weighted by molar-refractivity contribution is 6.30. The minimum absolute atomic E-state index is 0.704. The zero-order valence-electron chi connectivity index (χ0n) is 11.8. The Bertz CT molecular complexity index is 363. The van der Waals surface area contributed by atoms with Crippen molar-refractivity contribution in [2.45, 2.75) is 33.7 Å². The van der Waals surface area contributed by atoms with Gasteiger partial charge in [0, 0.05) is 32.3 Å². The van der Waals surface area contributed by atoms with Crippen LogP contribution in [-0.4, -0.2) is 29.5 Å². The van der Waals surface area contributed by atoms with Gasteiger partial charge in [0.05, 0.1) is 12.3 Å². The van der Waals surface area contributed by atoms with Crippen LogP contribution in [0.25, 0.3) is 0 Å². The molecule has 1 heterocycles. The maximum absolute atomic E-state index is 6.14. The number of ether oxygens (including phenoxy) is 1. The zero-order chi connectivity index (χ0) is 13.5. The van der Waals surface area contributed by atoms with Crippen molar-refractivity contribution in [3.63, 3.8) is 0 Å². The number of aryl methyl sites for hydroxylation is 2. The van der Waals surface area contributed by atoms with Crippen LogP contribution in [0, 0.1) is 12.8 Å². The largest absolute Gasteiger partial charge is 0.380 e. The summed E-state index contributed by atoms with van der Waals surface area (Å²) in [6.45, 7) is 9.54. The summed E-state index contributed by atoms with van der Waals surface area (Å²) in [6.07, 6.45) is 1.12. The third-order valence-electron chi connectivity index (χ3n) is 2.83. The Morgan fingerprint density at radius 3 is 2.67 bits per heavy atom. The molecule has 1 aromatic rings. The Morgan fingerprint density at radius 2 is 2.11 bits per heavy atom. The normalized spacial score (nSPS) is 11.4. The molecule has 5 heteroatoms. The van der Waals surface area contributed by atoms with Crippen LogP contribution < -0.4 is 5.32 Å². The van der Waals surface area contributed by atoms with Crippen molar-refractivity contribution in [3.8, 4) is 0 Å². The zero-order valence-corrected chi connectivity index (χ0v) is 12.5. The minimum atomic E-state index is 0.704. The molecular weight excluding hydrogens is 250 g/mol. The number of nitrogens with zero attached hydrogens (tertiary/aromatic N) is 2. The third-order valence-corrected chi connectivity index (χ3v) is 3.31. The Kier molecular flexibility index (Phi) is 6.68. The maximum Gasteiger partial charge on any atom is 0.131 e. The lowest BCUT2D eigenvalue weighted by atomic mass is 10.1. The van der Waals surface area contributed by atoms with Crippen LogP contribution in [0.4, 0.5) is 0 Å². The summed E-state index contributed by atoms with van der Waals surface area (Å²) in [7, 11) is 1.86. The average molecular weight is 274 g/mol. The highest BCUT2D eigenvalue weighted by Gasteiger charge is 2.09. The quantitative estimate of drug-likeness (QED) is 0.740. The second-order valence-electron chi connectivity index (χ2n) is 4.95.